The normalized spacial score (nSPS) is 21.3. The highest BCUT2D eigenvalue weighted by Crippen LogP contribution is 2.39. The molecule has 0 spiro atoms. The van der Waals surface area contributed by atoms with Gasteiger partial charge in [0.05, 0.1) is 28.6 Å². The fourth-order valence-electron chi connectivity index (χ4n) is 4.07. The summed E-state index contributed by atoms with van der Waals surface area (Å²) >= 11 is 0. The third kappa shape index (κ3) is 4.50. The van der Waals surface area contributed by atoms with Crippen molar-refractivity contribution < 1.29 is 14.6 Å². The smallest absolute Gasteiger partial charge is 0.261 e. The number of hydrogen-bond acceptors (Lipinski definition) is 8. The van der Waals surface area contributed by atoms with Crippen molar-refractivity contribution in [2.24, 2.45) is 11.7 Å². The summed E-state index contributed by atoms with van der Waals surface area (Å²) in [5.41, 5.74) is 7.09. The summed E-state index contributed by atoms with van der Waals surface area (Å²) in [4.78, 5) is 23.5. The maximum atomic E-state index is 13.1. The second kappa shape index (κ2) is 8.85. The number of anilines is 2. The van der Waals surface area contributed by atoms with Crippen LogP contribution >= 0.6 is 0 Å². The van der Waals surface area contributed by atoms with Crippen LogP contribution in [0.5, 0.6) is 5.75 Å². The predicted octanol–water partition coefficient (Wildman–Crippen LogP) is 1.84. The molecule has 0 bridgehead atoms. The van der Waals surface area contributed by atoms with Gasteiger partial charge in [-0.05, 0) is 37.5 Å². The number of benzene rings is 1. The van der Waals surface area contributed by atoms with Crippen LogP contribution in [0.15, 0.2) is 36.8 Å². The third-order valence-electron chi connectivity index (χ3n) is 5.77. The van der Waals surface area contributed by atoms with E-state index in [9.17, 15) is 15.2 Å². The van der Waals surface area contributed by atoms with Gasteiger partial charge in [0.1, 0.15) is 12.4 Å². The molecule has 1 aromatic carbocycles. The molecular weight excluding hydrogens is 408 g/mol. The zero-order valence-corrected chi connectivity index (χ0v) is 17.9. The molecular formula is C23H26N6O3. The molecule has 32 heavy (non-hydrogen) atoms. The highest BCUT2D eigenvalue weighted by molar-refractivity contribution is 6.24. The number of ether oxygens (including phenoxy) is 1. The molecule has 1 amide bonds. The molecule has 166 valence electrons. The Hall–Kier alpha value is -3.64. The summed E-state index contributed by atoms with van der Waals surface area (Å²) in [6, 6.07) is 7.74. The number of rotatable bonds is 4. The number of carbonyl (C=O) groups is 1. The average molecular weight is 435 g/mol. The highest BCUT2D eigenvalue weighted by Gasteiger charge is 2.31. The molecule has 4 N–H and O–H groups in total. The number of nitrogens with zero attached hydrogens (tertiary/aromatic N) is 4. The topological polar surface area (TPSA) is 137 Å². The standard InChI is InChI=1S/C23H26N6O3/c1-23(31)11-16-9-18(28-22(30)17(13-25)21-26-5-2-6-27-21)19(10-20(16)32-14-23)29-7-3-15(12-24)4-8-29/h2,5-6,9-10,13,15,31H,3-4,7-8,11,14,25H2,1H3,(H,28,30)/b17-13+/t23-/m0/s1. The molecule has 9 nitrogen and oxygen atoms in total. The first-order valence-corrected chi connectivity index (χ1v) is 10.6. The Balaban J connectivity index is 1.67. The number of amides is 1. The van der Waals surface area contributed by atoms with E-state index in [2.05, 4.69) is 26.3 Å². The molecule has 3 heterocycles. The van der Waals surface area contributed by atoms with E-state index < -0.39 is 11.5 Å². The lowest BCUT2D eigenvalue weighted by atomic mass is 9.92. The molecule has 1 saturated heterocycles. The first-order valence-electron chi connectivity index (χ1n) is 10.6. The zero-order valence-electron chi connectivity index (χ0n) is 17.9. The lowest BCUT2D eigenvalue weighted by Gasteiger charge is -2.35. The molecule has 9 heteroatoms. The highest BCUT2D eigenvalue weighted by atomic mass is 16.5. The van der Waals surface area contributed by atoms with E-state index in [0.29, 0.717) is 30.9 Å². The monoisotopic (exact) mass is 434 g/mol. The quantitative estimate of drug-likeness (QED) is 0.620. The molecule has 1 fully saturated rings. The van der Waals surface area contributed by atoms with Gasteiger partial charge in [-0.3, -0.25) is 4.79 Å². The van der Waals surface area contributed by atoms with Crippen molar-refractivity contribution in [3.63, 3.8) is 0 Å². The largest absolute Gasteiger partial charge is 0.490 e. The first-order chi connectivity index (χ1) is 15.4. The summed E-state index contributed by atoms with van der Waals surface area (Å²) < 4.78 is 5.82. The minimum atomic E-state index is -0.985. The number of piperidine rings is 1. The Bertz CT molecular complexity index is 1070. The minimum Gasteiger partial charge on any atom is -0.490 e. The van der Waals surface area contributed by atoms with Crippen molar-refractivity contribution in [1.82, 2.24) is 9.97 Å². The molecule has 0 unspecified atom stereocenters. The molecule has 1 aromatic heterocycles. The van der Waals surface area contributed by atoms with Crippen molar-refractivity contribution in [3.05, 3.63) is 48.2 Å². The fourth-order valence-corrected chi connectivity index (χ4v) is 4.07. The van der Waals surface area contributed by atoms with Crippen LogP contribution in [0, 0.1) is 17.2 Å². The number of nitrogens with one attached hydrogen (secondary N) is 1. The van der Waals surface area contributed by atoms with Gasteiger partial charge in [0.25, 0.3) is 5.91 Å². The van der Waals surface area contributed by atoms with E-state index in [1.54, 1.807) is 25.4 Å². The van der Waals surface area contributed by atoms with Crippen molar-refractivity contribution in [2.45, 2.75) is 31.8 Å². The van der Waals surface area contributed by atoms with E-state index in [0.717, 1.165) is 24.1 Å². The lowest BCUT2D eigenvalue weighted by Crippen LogP contribution is -2.39. The Kier molecular flexibility index (Phi) is 5.97. The van der Waals surface area contributed by atoms with Crippen molar-refractivity contribution >= 4 is 22.9 Å². The van der Waals surface area contributed by atoms with Crippen LogP contribution in [0.25, 0.3) is 5.57 Å². The number of aliphatic hydroxyl groups is 1. The summed E-state index contributed by atoms with van der Waals surface area (Å²) in [5, 5.41) is 22.6. The van der Waals surface area contributed by atoms with Crippen LogP contribution in [0.3, 0.4) is 0 Å². The zero-order chi connectivity index (χ0) is 22.7. The number of carbonyl (C=O) groups excluding carboxylic acids is 1. The number of nitriles is 1. The molecule has 0 radical (unpaired) electrons. The van der Waals surface area contributed by atoms with Gasteiger partial charge in [-0.2, -0.15) is 5.26 Å². The SMILES string of the molecule is C[C@@]1(O)COc2cc(N3CCC(C#N)CC3)c(NC(=O)/C(=C/N)c3ncccn3)cc2C1. The number of nitrogens with two attached hydrogens (primary N) is 1. The summed E-state index contributed by atoms with van der Waals surface area (Å²) in [7, 11) is 0. The summed E-state index contributed by atoms with van der Waals surface area (Å²) in [6.07, 6.45) is 6.19. The van der Waals surface area contributed by atoms with Crippen LogP contribution in [-0.4, -0.2) is 46.3 Å². The molecule has 0 saturated carbocycles. The molecule has 2 aliphatic rings. The maximum absolute atomic E-state index is 13.1. The fraction of sp³-hybridized carbons (Fsp3) is 0.391. The minimum absolute atomic E-state index is 0.0373. The molecule has 2 aromatic rings. The van der Waals surface area contributed by atoms with Crippen LogP contribution in [0.2, 0.25) is 0 Å². The van der Waals surface area contributed by atoms with Gasteiger partial charge in [0.2, 0.25) is 0 Å². The van der Waals surface area contributed by atoms with Crippen LogP contribution < -0.4 is 20.7 Å². The molecule has 2 aliphatic heterocycles. The van der Waals surface area contributed by atoms with Gasteiger partial charge in [-0.15, -0.1) is 0 Å². The maximum Gasteiger partial charge on any atom is 0.261 e. The van der Waals surface area contributed by atoms with Gasteiger partial charge in [-0.25, -0.2) is 9.97 Å². The van der Waals surface area contributed by atoms with E-state index in [1.807, 2.05) is 12.1 Å². The Morgan fingerprint density at radius 1 is 1.38 bits per heavy atom. The average Bonchev–Trinajstić information content (AvgIpc) is 2.79. The van der Waals surface area contributed by atoms with Crippen molar-refractivity contribution in [2.75, 3.05) is 29.9 Å². The van der Waals surface area contributed by atoms with E-state index >= 15 is 0 Å². The lowest BCUT2D eigenvalue weighted by molar-refractivity contribution is -0.111. The third-order valence-corrected chi connectivity index (χ3v) is 5.77. The Morgan fingerprint density at radius 2 is 2.09 bits per heavy atom. The number of fused-ring (bicyclic) bond motifs is 1. The Labute approximate surface area is 186 Å². The van der Waals surface area contributed by atoms with E-state index in [4.69, 9.17) is 10.5 Å². The first kappa shape index (κ1) is 21.6. The van der Waals surface area contributed by atoms with Crippen LogP contribution in [-0.2, 0) is 11.2 Å². The van der Waals surface area contributed by atoms with Crippen LogP contribution in [0.4, 0.5) is 11.4 Å². The van der Waals surface area contributed by atoms with Crippen molar-refractivity contribution in [3.8, 4) is 11.8 Å². The Morgan fingerprint density at radius 3 is 2.75 bits per heavy atom. The van der Waals surface area contributed by atoms with E-state index in [-0.39, 0.29) is 23.9 Å². The predicted molar refractivity (Wildman–Crippen MR) is 120 cm³/mol. The second-order valence-electron chi connectivity index (χ2n) is 8.44. The number of hydrogen-bond donors (Lipinski definition) is 3. The second-order valence-corrected chi connectivity index (χ2v) is 8.44. The van der Waals surface area contributed by atoms with Crippen LogP contribution in [0.1, 0.15) is 31.2 Å². The molecule has 4 rings (SSSR count). The van der Waals surface area contributed by atoms with Gasteiger partial charge in [0, 0.05) is 50.1 Å². The van der Waals surface area contributed by atoms with Gasteiger partial charge >= 0.3 is 0 Å². The van der Waals surface area contributed by atoms with Crippen molar-refractivity contribution in [1.29, 1.82) is 5.26 Å². The van der Waals surface area contributed by atoms with Gasteiger partial charge in [0.15, 0.2) is 5.82 Å². The molecule has 0 aliphatic carbocycles. The van der Waals surface area contributed by atoms with E-state index in [1.165, 1.54) is 6.20 Å². The number of aromatic nitrogens is 2. The summed E-state index contributed by atoms with van der Waals surface area (Å²) in [6.45, 7) is 3.31. The summed E-state index contributed by atoms with van der Waals surface area (Å²) in [5.74, 6) is 0.520. The molecule has 1 atom stereocenters. The van der Waals surface area contributed by atoms with Gasteiger partial charge < -0.3 is 25.8 Å². The van der Waals surface area contributed by atoms with Gasteiger partial charge in [-0.1, -0.05) is 0 Å².